The maximum atomic E-state index is 3.03. The Morgan fingerprint density at radius 2 is 0.917 bits per heavy atom. The molecule has 0 atom stereocenters. The first kappa shape index (κ1) is 29.2. The predicted molar refractivity (Wildman–Crippen MR) is 47.7 cm³/mol. The Labute approximate surface area is 129 Å². The molecule has 62 valence electrons. The maximum Gasteiger partial charge on any atom is 2.00 e. The van der Waals surface area contributed by atoms with Crippen LogP contribution in [0.4, 0.5) is 0 Å². The zero-order valence-corrected chi connectivity index (χ0v) is 14.2. The molecule has 0 aliphatic heterocycles. The first-order valence-corrected chi connectivity index (χ1v) is 2.75. The number of rotatable bonds is 1. The second kappa shape index (κ2) is 18.7. The Bertz CT molecular complexity index is 115. The van der Waals surface area contributed by atoms with Gasteiger partial charge in [-0.15, -0.1) is 27.7 Å². The molecule has 0 fully saturated rings. The monoisotopic (exact) mass is 314 g/mol. The molecule has 4 heteroatoms. The van der Waals surface area contributed by atoms with Crippen molar-refractivity contribution in [3.8, 4) is 0 Å². The summed E-state index contributed by atoms with van der Waals surface area (Å²) in [7, 11) is 0. The summed E-state index contributed by atoms with van der Waals surface area (Å²) in [5, 5.41) is 0. The quantitative estimate of drug-likeness (QED) is 0.261. The third kappa shape index (κ3) is 14.5. The molecule has 0 aliphatic carbocycles. The first-order chi connectivity index (χ1) is 3.72. The molecular formula is C8H12Br2Mg2. The van der Waals surface area contributed by atoms with Gasteiger partial charge in [0.25, 0.3) is 0 Å². The molecule has 0 aromatic heterocycles. The van der Waals surface area contributed by atoms with Crippen LogP contribution >= 0.6 is 0 Å². The van der Waals surface area contributed by atoms with Crippen molar-refractivity contribution in [3.63, 3.8) is 0 Å². The van der Waals surface area contributed by atoms with Crippen LogP contribution in [0.15, 0.2) is 11.1 Å². The Morgan fingerprint density at radius 3 is 1.00 bits per heavy atom. The summed E-state index contributed by atoms with van der Waals surface area (Å²) in [4.78, 5) is 0. The van der Waals surface area contributed by atoms with Gasteiger partial charge < -0.3 is 57.3 Å². The fourth-order valence-corrected chi connectivity index (χ4v) is 0.375. The van der Waals surface area contributed by atoms with E-state index in [0.29, 0.717) is 0 Å². The van der Waals surface area contributed by atoms with Crippen LogP contribution < -0.4 is 34.0 Å². The molecule has 0 radical (unpaired) electrons. The standard InChI is InChI=1S/C8H12.2BrH.2Mg/c1-5-7(3)8(4)6-2;;;;/h1-4H3;2*1H;;/q-2;;;2*+2/p-2. The van der Waals surface area contributed by atoms with Crippen molar-refractivity contribution in [2.75, 3.05) is 0 Å². The molecule has 0 N–H and O–H groups in total. The Morgan fingerprint density at radius 1 is 0.750 bits per heavy atom. The van der Waals surface area contributed by atoms with Gasteiger partial charge >= 0.3 is 46.1 Å². The molecule has 0 saturated carbocycles. The molecule has 0 aromatic carbocycles. The van der Waals surface area contributed by atoms with E-state index >= 15 is 0 Å². The molecule has 0 heterocycles. The first-order valence-electron chi connectivity index (χ1n) is 2.75. The summed E-state index contributed by atoms with van der Waals surface area (Å²) in [6.45, 7) is 7.89. The summed E-state index contributed by atoms with van der Waals surface area (Å²) in [6, 6.07) is 0. The van der Waals surface area contributed by atoms with Gasteiger partial charge in [0.1, 0.15) is 0 Å². The Balaban J connectivity index is -0.0000000408. The fraction of sp³-hybridized carbons (Fsp3) is 0.500. The van der Waals surface area contributed by atoms with Gasteiger partial charge in [0.15, 0.2) is 0 Å². The summed E-state index contributed by atoms with van der Waals surface area (Å²) >= 11 is 0. The Hall–Kier alpha value is 1.97. The molecule has 12 heavy (non-hydrogen) atoms. The molecule has 0 aromatic rings. The summed E-state index contributed by atoms with van der Waals surface area (Å²) in [5.41, 5.74) is 2.38. The van der Waals surface area contributed by atoms with Crippen molar-refractivity contribution < 1.29 is 34.0 Å². The molecule has 0 bridgehead atoms. The van der Waals surface area contributed by atoms with E-state index in [1.54, 1.807) is 0 Å². The SMILES string of the molecule is C[C-]=C(C)C(C)=[C-]C.[Br-].[Br-].[Mg+2].[Mg+2]. The number of allylic oxidation sites excluding steroid dienone is 4. The van der Waals surface area contributed by atoms with E-state index in [0.717, 1.165) is 0 Å². The third-order valence-electron chi connectivity index (χ3n) is 1.31. The molecule has 0 unspecified atom stereocenters. The zero-order valence-electron chi connectivity index (χ0n) is 8.17. The van der Waals surface area contributed by atoms with E-state index in [1.807, 2.05) is 27.7 Å². The number of hydrogen-bond donors (Lipinski definition) is 0. The van der Waals surface area contributed by atoms with Crippen LogP contribution in [0.1, 0.15) is 27.7 Å². The average molecular weight is 317 g/mol. The smallest absolute Gasteiger partial charge is 1.00 e. The minimum Gasteiger partial charge on any atom is -1.00 e. The van der Waals surface area contributed by atoms with Gasteiger partial charge in [0.2, 0.25) is 0 Å². The van der Waals surface area contributed by atoms with Crippen LogP contribution in [0, 0.1) is 12.2 Å². The molecule has 0 rings (SSSR count). The third-order valence-corrected chi connectivity index (χ3v) is 1.31. The molecule has 0 nitrogen and oxygen atoms in total. The van der Waals surface area contributed by atoms with Crippen molar-refractivity contribution in [3.05, 3.63) is 23.3 Å². The van der Waals surface area contributed by atoms with Crippen LogP contribution in [-0.2, 0) is 0 Å². The van der Waals surface area contributed by atoms with E-state index in [9.17, 15) is 0 Å². The van der Waals surface area contributed by atoms with Crippen LogP contribution in [0.3, 0.4) is 0 Å². The van der Waals surface area contributed by atoms with Gasteiger partial charge in [-0.3, -0.25) is 0 Å². The second-order valence-corrected chi connectivity index (χ2v) is 1.75. The minimum atomic E-state index is 0. The van der Waals surface area contributed by atoms with E-state index in [1.165, 1.54) is 11.1 Å². The summed E-state index contributed by atoms with van der Waals surface area (Å²) in [5.74, 6) is 0. The van der Waals surface area contributed by atoms with Crippen LogP contribution in [0.5, 0.6) is 0 Å². The maximum absolute atomic E-state index is 3.03. The predicted octanol–water partition coefficient (Wildman–Crippen LogP) is -4.23. The summed E-state index contributed by atoms with van der Waals surface area (Å²) < 4.78 is 0. The largest absolute Gasteiger partial charge is 2.00 e. The number of halogens is 2. The molecule has 0 aliphatic rings. The van der Waals surface area contributed by atoms with Gasteiger partial charge in [-0.1, -0.05) is 0 Å². The van der Waals surface area contributed by atoms with E-state index in [2.05, 4.69) is 12.2 Å². The van der Waals surface area contributed by atoms with E-state index in [-0.39, 0.29) is 80.1 Å². The van der Waals surface area contributed by atoms with Gasteiger partial charge in [0.05, 0.1) is 0 Å². The molecule has 0 spiro atoms. The van der Waals surface area contributed by atoms with Gasteiger partial charge in [-0.05, 0) is 0 Å². The van der Waals surface area contributed by atoms with Crippen molar-refractivity contribution in [2.45, 2.75) is 27.7 Å². The van der Waals surface area contributed by atoms with Gasteiger partial charge in [0, 0.05) is 0 Å². The zero-order chi connectivity index (χ0) is 6.57. The molecule has 0 saturated heterocycles. The van der Waals surface area contributed by atoms with E-state index in [4.69, 9.17) is 0 Å². The second-order valence-electron chi connectivity index (χ2n) is 1.75. The van der Waals surface area contributed by atoms with Crippen molar-refractivity contribution in [2.24, 2.45) is 0 Å². The van der Waals surface area contributed by atoms with E-state index < -0.39 is 0 Å². The van der Waals surface area contributed by atoms with Crippen LogP contribution in [0.25, 0.3) is 0 Å². The fourth-order valence-electron chi connectivity index (χ4n) is 0.375. The van der Waals surface area contributed by atoms with Crippen LogP contribution in [-0.4, -0.2) is 46.1 Å². The number of hydrogen-bond acceptors (Lipinski definition) is 0. The van der Waals surface area contributed by atoms with Gasteiger partial charge in [-0.2, -0.15) is 0 Å². The van der Waals surface area contributed by atoms with Crippen LogP contribution in [0.2, 0.25) is 0 Å². The minimum absolute atomic E-state index is 0. The van der Waals surface area contributed by atoms with Gasteiger partial charge in [-0.25, -0.2) is 0 Å². The normalized spacial score (nSPS) is 9.67. The van der Waals surface area contributed by atoms with Crippen molar-refractivity contribution in [1.29, 1.82) is 0 Å². The van der Waals surface area contributed by atoms with Crippen molar-refractivity contribution in [1.82, 2.24) is 0 Å². The summed E-state index contributed by atoms with van der Waals surface area (Å²) in [6.07, 6.45) is 6.07. The molecular weight excluding hydrogens is 305 g/mol. The average Bonchev–Trinajstić information content (AvgIpc) is 1.84. The Kier molecular flexibility index (Phi) is 45.5. The van der Waals surface area contributed by atoms with Crippen molar-refractivity contribution >= 4 is 46.1 Å². The topological polar surface area (TPSA) is 0 Å². The molecule has 0 amide bonds.